The summed E-state index contributed by atoms with van der Waals surface area (Å²) in [6.45, 7) is 10.4. The molecule has 0 saturated carbocycles. The molecule has 0 spiro atoms. The van der Waals surface area contributed by atoms with Crippen molar-refractivity contribution < 1.29 is 4.74 Å². The fourth-order valence-corrected chi connectivity index (χ4v) is 3.04. The molecule has 0 radical (unpaired) electrons. The van der Waals surface area contributed by atoms with Crippen LogP contribution >= 0.6 is 11.3 Å². The number of thiazole rings is 1. The van der Waals surface area contributed by atoms with Gasteiger partial charge < -0.3 is 10.1 Å². The van der Waals surface area contributed by atoms with Gasteiger partial charge in [0.25, 0.3) is 0 Å². The van der Waals surface area contributed by atoms with Crippen LogP contribution in [0.25, 0.3) is 0 Å². The summed E-state index contributed by atoms with van der Waals surface area (Å²) < 4.78 is 5.81. The van der Waals surface area contributed by atoms with Crippen LogP contribution in [-0.2, 0) is 16.8 Å². The molecule has 0 amide bonds. The molecule has 0 aromatic carbocycles. The molecule has 0 aliphatic carbocycles. The first-order valence-electron chi connectivity index (χ1n) is 6.79. The van der Waals surface area contributed by atoms with Gasteiger partial charge in [0.15, 0.2) is 0 Å². The van der Waals surface area contributed by atoms with Crippen molar-refractivity contribution in [3.05, 3.63) is 16.1 Å². The minimum absolute atomic E-state index is 0.143. The largest absolute Gasteiger partial charge is 0.374 e. The molecular weight excluding hydrogens is 244 g/mol. The van der Waals surface area contributed by atoms with Gasteiger partial charge in [-0.3, -0.25) is 0 Å². The third-order valence-corrected chi connectivity index (χ3v) is 4.18. The van der Waals surface area contributed by atoms with E-state index in [0.29, 0.717) is 6.61 Å². The Kier molecular flexibility index (Phi) is 4.76. The first-order valence-corrected chi connectivity index (χ1v) is 7.67. The van der Waals surface area contributed by atoms with Gasteiger partial charge in [-0.2, -0.15) is 0 Å². The molecule has 2 heterocycles. The van der Waals surface area contributed by atoms with E-state index in [9.17, 15) is 0 Å². The summed E-state index contributed by atoms with van der Waals surface area (Å²) >= 11 is 1.71. The number of ether oxygens (including phenoxy) is 1. The molecule has 18 heavy (non-hydrogen) atoms. The van der Waals surface area contributed by atoms with Gasteiger partial charge in [0, 0.05) is 10.8 Å². The lowest BCUT2D eigenvalue weighted by atomic mass is 9.93. The quantitative estimate of drug-likeness (QED) is 0.911. The molecule has 102 valence electrons. The Bertz CT molecular complexity index is 364. The Morgan fingerprint density at radius 3 is 2.72 bits per heavy atom. The molecule has 0 unspecified atom stereocenters. The Balaban J connectivity index is 1.74. The molecule has 2 rings (SSSR count). The van der Waals surface area contributed by atoms with Crippen molar-refractivity contribution in [1.82, 2.24) is 10.3 Å². The highest BCUT2D eigenvalue weighted by atomic mass is 32.1. The number of rotatable bonds is 4. The number of hydrogen-bond acceptors (Lipinski definition) is 4. The van der Waals surface area contributed by atoms with Crippen LogP contribution in [0, 0.1) is 5.92 Å². The lowest BCUT2D eigenvalue weighted by molar-refractivity contribution is 0.0761. The van der Waals surface area contributed by atoms with Crippen LogP contribution in [0.2, 0.25) is 0 Å². The van der Waals surface area contributed by atoms with E-state index in [1.54, 1.807) is 11.3 Å². The van der Waals surface area contributed by atoms with E-state index in [-0.39, 0.29) is 5.41 Å². The Hall–Kier alpha value is -0.450. The maximum absolute atomic E-state index is 5.81. The van der Waals surface area contributed by atoms with Crippen LogP contribution in [0.15, 0.2) is 5.38 Å². The Labute approximate surface area is 114 Å². The van der Waals surface area contributed by atoms with E-state index in [4.69, 9.17) is 4.74 Å². The fraction of sp³-hybridized carbons (Fsp3) is 0.786. The van der Waals surface area contributed by atoms with Gasteiger partial charge in [0.05, 0.1) is 18.9 Å². The first kappa shape index (κ1) is 14.0. The van der Waals surface area contributed by atoms with Gasteiger partial charge in [0.2, 0.25) is 0 Å². The van der Waals surface area contributed by atoms with Crippen molar-refractivity contribution in [2.75, 3.05) is 19.7 Å². The predicted molar refractivity (Wildman–Crippen MR) is 76.1 cm³/mol. The molecule has 1 aliphatic rings. The molecule has 3 nitrogen and oxygen atoms in total. The summed E-state index contributed by atoms with van der Waals surface area (Å²) in [7, 11) is 0. The van der Waals surface area contributed by atoms with E-state index in [0.717, 1.165) is 30.6 Å². The van der Waals surface area contributed by atoms with E-state index in [1.165, 1.54) is 18.5 Å². The van der Waals surface area contributed by atoms with Gasteiger partial charge in [-0.15, -0.1) is 11.3 Å². The number of nitrogens with zero attached hydrogens (tertiary/aromatic N) is 1. The number of nitrogens with one attached hydrogen (secondary N) is 1. The van der Waals surface area contributed by atoms with Crippen LogP contribution < -0.4 is 5.32 Å². The molecule has 1 N–H and O–H groups in total. The summed E-state index contributed by atoms with van der Waals surface area (Å²) in [6, 6.07) is 0. The van der Waals surface area contributed by atoms with Crippen LogP contribution in [0.1, 0.15) is 44.3 Å². The van der Waals surface area contributed by atoms with E-state index in [1.807, 2.05) is 0 Å². The lowest BCUT2D eigenvalue weighted by Gasteiger charge is -2.22. The lowest BCUT2D eigenvalue weighted by Crippen LogP contribution is -2.29. The van der Waals surface area contributed by atoms with Crippen molar-refractivity contribution in [1.29, 1.82) is 0 Å². The highest BCUT2D eigenvalue weighted by Gasteiger charge is 2.18. The monoisotopic (exact) mass is 268 g/mol. The zero-order valence-electron chi connectivity index (χ0n) is 11.7. The molecule has 0 bridgehead atoms. The minimum Gasteiger partial charge on any atom is -0.374 e. The molecular formula is C14H24N2OS. The summed E-state index contributed by atoms with van der Waals surface area (Å²) in [5.74, 6) is 0.730. The van der Waals surface area contributed by atoms with Crippen LogP contribution in [0.5, 0.6) is 0 Å². The third kappa shape index (κ3) is 4.04. The zero-order chi connectivity index (χ0) is 13.0. The van der Waals surface area contributed by atoms with Crippen LogP contribution in [-0.4, -0.2) is 24.7 Å². The second kappa shape index (κ2) is 6.13. The van der Waals surface area contributed by atoms with Gasteiger partial charge in [-0.25, -0.2) is 4.98 Å². The van der Waals surface area contributed by atoms with Crippen molar-refractivity contribution in [3.63, 3.8) is 0 Å². The molecule has 1 saturated heterocycles. The van der Waals surface area contributed by atoms with Gasteiger partial charge in [-0.05, 0) is 31.8 Å². The summed E-state index contributed by atoms with van der Waals surface area (Å²) in [6.07, 6.45) is 2.48. The zero-order valence-corrected chi connectivity index (χ0v) is 12.5. The standard InChI is InChI=1S/C14H24N2OS/c1-14(2,3)12-10-18-13(16-12)9-17-8-11-4-6-15-7-5-11/h10-11,15H,4-9H2,1-3H3. The maximum Gasteiger partial charge on any atom is 0.119 e. The highest BCUT2D eigenvalue weighted by Crippen LogP contribution is 2.24. The van der Waals surface area contributed by atoms with Crippen molar-refractivity contribution in [2.24, 2.45) is 5.92 Å². The van der Waals surface area contributed by atoms with Gasteiger partial charge >= 0.3 is 0 Å². The number of hydrogen-bond donors (Lipinski definition) is 1. The Morgan fingerprint density at radius 2 is 2.11 bits per heavy atom. The van der Waals surface area contributed by atoms with Crippen molar-refractivity contribution in [2.45, 2.75) is 45.6 Å². The maximum atomic E-state index is 5.81. The SMILES string of the molecule is CC(C)(C)c1csc(COCC2CCNCC2)n1. The van der Waals surface area contributed by atoms with Crippen molar-refractivity contribution in [3.8, 4) is 0 Å². The Morgan fingerprint density at radius 1 is 1.39 bits per heavy atom. The average molecular weight is 268 g/mol. The van der Waals surface area contributed by atoms with E-state index < -0.39 is 0 Å². The number of piperidine rings is 1. The second-order valence-corrected chi connectivity index (χ2v) is 7.03. The predicted octanol–water partition coefficient (Wildman–Crippen LogP) is 2.96. The molecule has 1 fully saturated rings. The normalized spacial score (nSPS) is 18.2. The molecule has 1 aromatic rings. The molecule has 1 aliphatic heterocycles. The summed E-state index contributed by atoms with van der Waals surface area (Å²) in [5, 5.41) is 6.64. The average Bonchev–Trinajstić information content (AvgIpc) is 2.79. The highest BCUT2D eigenvalue weighted by molar-refractivity contribution is 7.09. The number of aromatic nitrogens is 1. The summed E-state index contributed by atoms with van der Waals surface area (Å²) in [4.78, 5) is 4.65. The minimum atomic E-state index is 0.143. The molecule has 0 atom stereocenters. The summed E-state index contributed by atoms with van der Waals surface area (Å²) in [5.41, 5.74) is 1.32. The smallest absolute Gasteiger partial charge is 0.119 e. The fourth-order valence-electron chi connectivity index (χ4n) is 2.08. The van der Waals surface area contributed by atoms with Crippen LogP contribution in [0.3, 0.4) is 0 Å². The van der Waals surface area contributed by atoms with E-state index >= 15 is 0 Å². The van der Waals surface area contributed by atoms with Gasteiger partial charge in [0.1, 0.15) is 5.01 Å². The van der Waals surface area contributed by atoms with Gasteiger partial charge in [-0.1, -0.05) is 20.8 Å². The topological polar surface area (TPSA) is 34.1 Å². The third-order valence-electron chi connectivity index (χ3n) is 3.36. The van der Waals surface area contributed by atoms with Crippen LogP contribution in [0.4, 0.5) is 0 Å². The molecule has 4 heteroatoms. The second-order valence-electron chi connectivity index (χ2n) is 6.08. The van der Waals surface area contributed by atoms with E-state index in [2.05, 4.69) is 36.5 Å². The molecule has 1 aromatic heterocycles. The van der Waals surface area contributed by atoms with Crippen molar-refractivity contribution >= 4 is 11.3 Å². The first-order chi connectivity index (χ1) is 8.55.